The second-order valence-electron chi connectivity index (χ2n) is 8.72. The second-order valence-corrected chi connectivity index (χ2v) is 10.3. The first-order valence-electron chi connectivity index (χ1n) is 10.2. The van der Waals surface area contributed by atoms with Gasteiger partial charge in [-0.2, -0.15) is 8.78 Å². The van der Waals surface area contributed by atoms with Crippen molar-refractivity contribution in [2.24, 2.45) is 5.92 Å². The van der Waals surface area contributed by atoms with Gasteiger partial charge in [0.25, 0.3) is 0 Å². The Hall–Kier alpha value is -2.26. The Labute approximate surface area is 187 Å². The minimum Gasteiger partial charge on any atom is -0.607 e. The van der Waals surface area contributed by atoms with Crippen LogP contribution in [0.2, 0.25) is 0 Å². The first-order valence-corrected chi connectivity index (χ1v) is 11.4. The number of halogens is 4. The Kier molecular flexibility index (Phi) is 7.09. The zero-order chi connectivity index (χ0) is 23.7. The van der Waals surface area contributed by atoms with Crippen LogP contribution in [-0.4, -0.2) is 39.5 Å². The van der Waals surface area contributed by atoms with Gasteiger partial charge in [0, 0.05) is 24.7 Å². The van der Waals surface area contributed by atoms with E-state index in [-0.39, 0.29) is 36.4 Å². The summed E-state index contributed by atoms with van der Waals surface area (Å²) in [6.45, 7) is 5.37. The van der Waals surface area contributed by atoms with Crippen molar-refractivity contribution in [3.8, 4) is 11.1 Å². The van der Waals surface area contributed by atoms with E-state index in [0.717, 1.165) is 12.1 Å². The van der Waals surface area contributed by atoms with Gasteiger partial charge in [0.2, 0.25) is 0 Å². The van der Waals surface area contributed by atoms with Gasteiger partial charge in [-0.25, -0.2) is 13.6 Å². The molecule has 174 valence electrons. The zero-order valence-corrected chi connectivity index (χ0v) is 18.9. The topological polar surface area (TPSA) is 52.6 Å². The summed E-state index contributed by atoms with van der Waals surface area (Å²) in [4.78, 5) is 13.4. The molecule has 9 heteroatoms. The molecule has 1 heterocycles. The number of carbonyl (C=O) groups is 1. The fraction of sp³-hybridized carbons (Fsp3) is 0.435. The standard InChI is InChI=1S/C23H25F4NO3S/c1-22(2,3)31-21(29)28-12-10-16(11-13-28)23(26,27)32(30)18-7-4-15(5-8-18)19-9-6-17(24)14-20(19)25/h4-9,14,16H,10-13H2,1-3H3. The summed E-state index contributed by atoms with van der Waals surface area (Å²) < 4.78 is 74.9. The number of ether oxygens (including phenoxy) is 1. The van der Waals surface area contributed by atoms with Crippen LogP contribution in [-0.2, 0) is 15.9 Å². The largest absolute Gasteiger partial charge is 0.607 e. The van der Waals surface area contributed by atoms with E-state index < -0.39 is 45.7 Å². The maximum Gasteiger partial charge on any atom is 0.414 e. The van der Waals surface area contributed by atoms with Gasteiger partial charge in [-0.05, 0) is 75.6 Å². The van der Waals surface area contributed by atoms with Gasteiger partial charge in [-0.1, -0.05) is 0 Å². The number of nitrogens with zero attached hydrogens (tertiary/aromatic N) is 1. The van der Waals surface area contributed by atoms with Gasteiger partial charge < -0.3 is 14.2 Å². The summed E-state index contributed by atoms with van der Waals surface area (Å²) in [5, 5.41) is -3.50. The molecule has 2 aromatic carbocycles. The van der Waals surface area contributed by atoms with Gasteiger partial charge >= 0.3 is 11.3 Å². The normalized spacial score (nSPS) is 16.7. The van der Waals surface area contributed by atoms with Crippen molar-refractivity contribution in [2.75, 3.05) is 13.1 Å². The third kappa shape index (κ3) is 5.56. The molecular weight excluding hydrogens is 446 g/mol. The molecule has 0 radical (unpaired) electrons. The lowest BCUT2D eigenvalue weighted by atomic mass is 9.97. The molecule has 2 aromatic rings. The molecule has 3 rings (SSSR count). The fourth-order valence-corrected chi connectivity index (χ4v) is 4.75. The molecule has 0 bridgehead atoms. The SMILES string of the molecule is CC(C)(C)OC(=O)N1CCC(C(F)(F)[S+]([O-])c2ccc(-c3ccc(F)cc3F)cc2)CC1. The minimum atomic E-state index is -3.50. The summed E-state index contributed by atoms with van der Waals surface area (Å²) >= 11 is -2.62. The maximum atomic E-state index is 15.0. The van der Waals surface area contributed by atoms with Gasteiger partial charge in [0.05, 0.1) is 17.1 Å². The average Bonchev–Trinajstić information content (AvgIpc) is 2.72. The molecule has 4 nitrogen and oxygen atoms in total. The molecule has 1 aliphatic heterocycles. The highest BCUT2D eigenvalue weighted by atomic mass is 32.2. The smallest absolute Gasteiger partial charge is 0.414 e. The van der Waals surface area contributed by atoms with E-state index in [1.54, 1.807) is 20.8 Å². The van der Waals surface area contributed by atoms with Crippen LogP contribution in [0.3, 0.4) is 0 Å². The number of rotatable bonds is 4. The highest BCUT2D eigenvalue weighted by molar-refractivity contribution is 7.92. The van der Waals surface area contributed by atoms with Crippen molar-refractivity contribution in [2.45, 2.75) is 49.4 Å². The van der Waals surface area contributed by atoms with E-state index in [1.165, 1.54) is 35.2 Å². The number of benzene rings is 2. The maximum absolute atomic E-state index is 15.0. The van der Waals surface area contributed by atoms with E-state index in [1.807, 2.05) is 0 Å². The fourth-order valence-electron chi connectivity index (χ4n) is 3.51. The number of hydrogen-bond donors (Lipinski definition) is 0. The molecule has 1 amide bonds. The van der Waals surface area contributed by atoms with E-state index >= 15 is 0 Å². The third-order valence-corrected chi connectivity index (χ3v) is 6.71. The Morgan fingerprint density at radius 2 is 1.66 bits per heavy atom. The Morgan fingerprint density at radius 3 is 2.19 bits per heavy atom. The lowest BCUT2D eigenvalue weighted by Crippen LogP contribution is -2.47. The number of hydrogen-bond acceptors (Lipinski definition) is 3. The lowest BCUT2D eigenvalue weighted by Gasteiger charge is -2.36. The van der Waals surface area contributed by atoms with Crippen LogP contribution in [0.1, 0.15) is 33.6 Å². The van der Waals surface area contributed by atoms with Gasteiger partial charge in [0.15, 0.2) is 4.90 Å². The van der Waals surface area contributed by atoms with Crippen LogP contribution in [0.5, 0.6) is 0 Å². The second kappa shape index (κ2) is 9.31. The van der Waals surface area contributed by atoms with E-state index in [2.05, 4.69) is 0 Å². The summed E-state index contributed by atoms with van der Waals surface area (Å²) in [6.07, 6.45) is -0.558. The van der Waals surface area contributed by atoms with Crippen LogP contribution in [0.15, 0.2) is 47.4 Å². The van der Waals surface area contributed by atoms with E-state index in [0.29, 0.717) is 5.56 Å². The van der Waals surface area contributed by atoms with Crippen LogP contribution >= 0.6 is 0 Å². The quantitative estimate of drug-likeness (QED) is 0.407. The van der Waals surface area contributed by atoms with Crippen molar-refractivity contribution in [1.82, 2.24) is 4.90 Å². The highest BCUT2D eigenvalue weighted by Gasteiger charge is 2.53. The molecule has 0 aromatic heterocycles. The molecule has 0 N–H and O–H groups in total. The summed E-state index contributed by atoms with van der Waals surface area (Å²) in [6, 6.07) is 8.37. The van der Waals surface area contributed by atoms with Crippen LogP contribution in [0.4, 0.5) is 22.4 Å². The first-order chi connectivity index (χ1) is 14.9. The summed E-state index contributed by atoms with van der Waals surface area (Å²) in [5.41, 5.74) is -0.204. The lowest BCUT2D eigenvalue weighted by molar-refractivity contribution is -0.0178. The number of alkyl halides is 2. The molecule has 1 unspecified atom stereocenters. The molecule has 0 spiro atoms. The molecule has 1 fully saturated rings. The van der Waals surface area contributed by atoms with E-state index in [9.17, 15) is 26.9 Å². The van der Waals surface area contributed by atoms with Crippen LogP contribution in [0.25, 0.3) is 11.1 Å². The predicted molar refractivity (Wildman–Crippen MR) is 114 cm³/mol. The zero-order valence-electron chi connectivity index (χ0n) is 18.0. The van der Waals surface area contributed by atoms with E-state index in [4.69, 9.17) is 4.74 Å². The minimum absolute atomic E-state index is 0.00312. The monoisotopic (exact) mass is 471 g/mol. The van der Waals surface area contributed by atoms with Crippen molar-refractivity contribution in [3.63, 3.8) is 0 Å². The number of amides is 1. The molecular formula is C23H25F4NO3S. The predicted octanol–water partition coefficient (Wildman–Crippen LogP) is 5.98. The van der Waals surface area contributed by atoms with Crippen molar-refractivity contribution in [3.05, 3.63) is 54.1 Å². The van der Waals surface area contributed by atoms with Crippen molar-refractivity contribution in [1.29, 1.82) is 0 Å². The first kappa shape index (κ1) is 24.4. The van der Waals surface area contributed by atoms with Crippen LogP contribution in [0, 0.1) is 17.6 Å². The molecule has 32 heavy (non-hydrogen) atoms. The number of carbonyl (C=O) groups excluding carboxylic acids is 1. The van der Waals surface area contributed by atoms with Crippen LogP contribution < -0.4 is 0 Å². The third-order valence-electron chi connectivity index (χ3n) is 5.18. The van der Waals surface area contributed by atoms with Gasteiger partial charge in [-0.15, -0.1) is 0 Å². The average molecular weight is 472 g/mol. The van der Waals surface area contributed by atoms with Gasteiger partial charge in [-0.3, -0.25) is 0 Å². The Morgan fingerprint density at radius 1 is 1.06 bits per heavy atom. The summed E-state index contributed by atoms with van der Waals surface area (Å²) in [5.74, 6) is -2.65. The number of likely N-dealkylation sites (tertiary alicyclic amines) is 1. The summed E-state index contributed by atoms with van der Waals surface area (Å²) in [7, 11) is 0. The molecule has 1 saturated heterocycles. The molecule has 1 aliphatic rings. The Balaban J connectivity index is 1.66. The van der Waals surface area contributed by atoms with Crippen molar-refractivity contribution >= 4 is 17.3 Å². The molecule has 1 atom stereocenters. The number of piperidine rings is 1. The molecule has 0 aliphatic carbocycles. The molecule has 0 saturated carbocycles. The van der Waals surface area contributed by atoms with Gasteiger partial charge in [0.1, 0.15) is 17.2 Å². The highest BCUT2D eigenvalue weighted by Crippen LogP contribution is 2.41. The van der Waals surface area contributed by atoms with Crippen molar-refractivity contribution < 1.29 is 31.6 Å². The Bertz CT molecular complexity index is 955.